The summed E-state index contributed by atoms with van der Waals surface area (Å²) in [6.45, 7) is 3.33. The van der Waals surface area contributed by atoms with E-state index in [1.165, 1.54) is 12.1 Å². The summed E-state index contributed by atoms with van der Waals surface area (Å²) in [6, 6.07) is 10.8. The van der Waals surface area contributed by atoms with Gasteiger partial charge in [-0.15, -0.1) is 0 Å². The lowest BCUT2D eigenvalue weighted by atomic mass is 9.92. The minimum absolute atomic E-state index is 0.107. The van der Waals surface area contributed by atoms with Gasteiger partial charge in [-0.05, 0) is 49.9 Å². The van der Waals surface area contributed by atoms with Crippen LogP contribution in [0.15, 0.2) is 42.5 Å². The predicted octanol–water partition coefficient (Wildman–Crippen LogP) is 4.60. The topological polar surface area (TPSA) is 46.2 Å². The molecule has 0 aliphatic heterocycles. The van der Waals surface area contributed by atoms with Gasteiger partial charge in [0.2, 0.25) is 10.0 Å². The predicted molar refractivity (Wildman–Crippen MR) is 99.4 cm³/mol. The van der Waals surface area contributed by atoms with Crippen molar-refractivity contribution < 1.29 is 17.2 Å². The summed E-state index contributed by atoms with van der Waals surface area (Å²) in [5.74, 6) is -1.09. The van der Waals surface area contributed by atoms with Crippen molar-refractivity contribution in [2.75, 3.05) is 0 Å². The molecule has 2 aromatic rings. The quantitative estimate of drug-likeness (QED) is 0.826. The molecule has 0 heterocycles. The molecule has 1 saturated carbocycles. The summed E-state index contributed by atoms with van der Waals surface area (Å²) in [5.41, 5.74) is 2.05. The Morgan fingerprint density at radius 3 is 2.35 bits per heavy atom. The molecule has 0 spiro atoms. The van der Waals surface area contributed by atoms with Crippen LogP contribution in [0.5, 0.6) is 0 Å². The van der Waals surface area contributed by atoms with Crippen LogP contribution in [0.3, 0.4) is 0 Å². The smallest absolute Gasteiger partial charge is 0.212 e. The molecule has 1 fully saturated rings. The Hall–Kier alpha value is -1.79. The van der Waals surface area contributed by atoms with Crippen LogP contribution in [0.4, 0.5) is 8.78 Å². The van der Waals surface area contributed by atoms with Crippen molar-refractivity contribution in [1.82, 2.24) is 4.72 Å². The largest absolute Gasteiger partial charge is 0.214 e. The van der Waals surface area contributed by atoms with Gasteiger partial charge in [-0.2, -0.15) is 0 Å². The monoisotopic (exact) mass is 379 g/mol. The van der Waals surface area contributed by atoms with Crippen molar-refractivity contribution in [2.45, 2.75) is 50.3 Å². The van der Waals surface area contributed by atoms with Crippen LogP contribution < -0.4 is 4.72 Å². The maximum atomic E-state index is 13.9. The van der Waals surface area contributed by atoms with Crippen LogP contribution in [-0.4, -0.2) is 19.7 Å². The van der Waals surface area contributed by atoms with E-state index in [9.17, 15) is 17.2 Å². The Bertz CT molecular complexity index is 879. The number of halogens is 2. The first-order chi connectivity index (χ1) is 12.3. The van der Waals surface area contributed by atoms with Gasteiger partial charge in [0, 0.05) is 23.6 Å². The molecule has 3 nitrogen and oxygen atoms in total. The second-order valence-corrected chi connectivity index (χ2v) is 9.37. The zero-order chi connectivity index (χ0) is 18.9. The van der Waals surface area contributed by atoms with E-state index < -0.39 is 26.9 Å². The molecular weight excluding hydrogens is 356 g/mol. The van der Waals surface area contributed by atoms with Gasteiger partial charge in [0.15, 0.2) is 0 Å². The summed E-state index contributed by atoms with van der Waals surface area (Å²) < 4.78 is 54.2. The van der Waals surface area contributed by atoms with E-state index in [1.54, 1.807) is 26.0 Å². The van der Waals surface area contributed by atoms with Gasteiger partial charge < -0.3 is 0 Å². The fourth-order valence-electron chi connectivity index (χ4n) is 3.48. The highest BCUT2D eigenvalue weighted by Crippen LogP contribution is 2.36. The molecule has 1 aliphatic rings. The zero-order valence-electron chi connectivity index (χ0n) is 14.9. The van der Waals surface area contributed by atoms with Crippen molar-refractivity contribution in [1.29, 1.82) is 0 Å². The van der Waals surface area contributed by atoms with E-state index in [2.05, 4.69) is 4.72 Å². The maximum absolute atomic E-state index is 13.9. The lowest BCUT2D eigenvalue weighted by molar-refractivity contribution is 0.519. The summed E-state index contributed by atoms with van der Waals surface area (Å²) >= 11 is 0. The van der Waals surface area contributed by atoms with Gasteiger partial charge in [0.25, 0.3) is 0 Å². The molecule has 2 atom stereocenters. The number of hydrogen-bond donors (Lipinski definition) is 1. The average Bonchev–Trinajstić information content (AvgIpc) is 3.02. The fraction of sp³-hybridized carbons (Fsp3) is 0.400. The van der Waals surface area contributed by atoms with E-state index in [-0.39, 0.29) is 12.0 Å². The van der Waals surface area contributed by atoms with E-state index in [0.717, 1.165) is 30.9 Å². The molecule has 0 amide bonds. The highest BCUT2D eigenvalue weighted by Gasteiger charge is 2.32. The SMILES string of the molecule is CC(C)S(=O)(=O)N[C@@H]1CCC[C@H]1c1ccc(-c2ccc(F)cc2F)cc1. The van der Waals surface area contributed by atoms with E-state index in [0.29, 0.717) is 11.1 Å². The highest BCUT2D eigenvalue weighted by atomic mass is 32.2. The maximum Gasteiger partial charge on any atom is 0.214 e. The summed E-state index contributed by atoms with van der Waals surface area (Å²) in [6.07, 6.45) is 2.69. The summed E-state index contributed by atoms with van der Waals surface area (Å²) in [4.78, 5) is 0. The second-order valence-electron chi connectivity index (χ2n) is 7.10. The molecule has 1 aliphatic carbocycles. The third kappa shape index (κ3) is 3.96. The minimum atomic E-state index is -3.32. The second kappa shape index (κ2) is 7.45. The zero-order valence-corrected chi connectivity index (χ0v) is 15.7. The Morgan fingerprint density at radius 1 is 1.04 bits per heavy atom. The van der Waals surface area contributed by atoms with Gasteiger partial charge in [-0.3, -0.25) is 0 Å². The van der Waals surface area contributed by atoms with Crippen molar-refractivity contribution in [3.8, 4) is 11.1 Å². The van der Waals surface area contributed by atoms with Crippen LogP contribution in [0.2, 0.25) is 0 Å². The van der Waals surface area contributed by atoms with Gasteiger partial charge in [0.1, 0.15) is 11.6 Å². The van der Waals surface area contributed by atoms with Crippen LogP contribution >= 0.6 is 0 Å². The molecule has 0 bridgehead atoms. The lowest BCUT2D eigenvalue weighted by Gasteiger charge is -2.23. The van der Waals surface area contributed by atoms with Crippen molar-refractivity contribution in [2.24, 2.45) is 0 Å². The molecule has 2 aromatic carbocycles. The highest BCUT2D eigenvalue weighted by molar-refractivity contribution is 7.90. The van der Waals surface area contributed by atoms with Gasteiger partial charge in [0.05, 0.1) is 5.25 Å². The number of benzene rings is 2. The summed E-state index contributed by atoms with van der Waals surface area (Å²) in [5, 5.41) is -0.465. The number of nitrogens with one attached hydrogen (secondary N) is 1. The number of sulfonamides is 1. The molecule has 0 unspecified atom stereocenters. The minimum Gasteiger partial charge on any atom is -0.212 e. The fourth-order valence-corrected chi connectivity index (χ4v) is 4.46. The molecule has 3 rings (SSSR count). The first kappa shape index (κ1) is 19.0. The van der Waals surface area contributed by atoms with Gasteiger partial charge >= 0.3 is 0 Å². The van der Waals surface area contributed by atoms with Crippen LogP contribution in [0, 0.1) is 11.6 Å². The van der Waals surface area contributed by atoms with E-state index in [1.807, 2.05) is 12.1 Å². The number of hydrogen-bond acceptors (Lipinski definition) is 2. The Morgan fingerprint density at radius 2 is 1.73 bits per heavy atom. The molecule has 140 valence electrons. The summed E-state index contributed by atoms with van der Waals surface area (Å²) in [7, 11) is -3.32. The molecule has 26 heavy (non-hydrogen) atoms. The third-order valence-electron chi connectivity index (χ3n) is 5.03. The van der Waals surface area contributed by atoms with Crippen LogP contribution in [0.25, 0.3) is 11.1 Å². The van der Waals surface area contributed by atoms with Gasteiger partial charge in [-0.1, -0.05) is 30.7 Å². The number of rotatable bonds is 5. The van der Waals surface area contributed by atoms with Crippen LogP contribution in [-0.2, 0) is 10.0 Å². The lowest BCUT2D eigenvalue weighted by Crippen LogP contribution is -2.40. The Labute approximate surface area is 153 Å². The molecule has 1 N–H and O–H groups in total. The van der Waals surface area contributed by atoms with Crippen molar-refractivity contribution in [3.05, 3.63) is 59.7 Å². The molecule has 0 saturated heterocycles. The Kier molecular flexibility index (Phi) is 5.44. The van der Waals surface area contributed by atoms with Crippen LogP contribution in [0.1, 0.15) is 44.6 Å². The van der Waals surface area contributed by atoms with Crippen molar-refractivity contribution in [3.63, 3.8) is 0 Å². The molecule has 0 aromatic heterocycles. The molecule has 6 heteroatoms. The molecular formula is C20H23F2NO2S. The van der Waals surface area contributed by atoms with Crippen molar-refractivity contribution >= 4 is 10.0 Å². The van der Waals surface area contributed by atoms with Gasteiger partial charge in [-0.25, -0.2) is 21.9 Å². The van der Waals surface area contributed by atoms with E-state index >= 15 is 0 Å². The first-order valence-corrected chi connectivity index (χ1v) is 10.4. The first-order valence-electron chi connectivity index (χ1n) is 8.84. The standard InChI is InChI=1S/C20H23F2NO2S/c1-13(2)26(24,25)23-20-5-3-4-18(20)15-8-6-14(7-9-15)17-11-10-16(21)12-19(17)22/h6-13,18,20,23H,3-5H2,1-2H3/t18-,20+/m0/s1. The molecule has 0 radical (unpaired) electrons. The van der Waals surface area contributed by atoms with E-state index in [4.69, 9.17) is 0 Å². The normalized spacial score (nSPS) is 20.7. The average molecular weight is 379 g/mol. The Balaban J connectivity index is 1.81. The third-order valence-corrected chi connectivity index (χ3v) is 6.91.